The Bertz CT molecular complexity index is 1510. The van der Waals surface area contributed by atoms with E-state index in [0.717, 1.165) is 22.3 Å². The summed E-state index contributed by atoms with van der Waals surface area (Å²) < 4.78 is 8.94. The number of carbonyl (C=O) groups excluding carboxylic acids is 3. The van der Waals surface area contributed by atoms with Gasteiger partial charge >= 0.3 is 5.97 Å². The van der Waals surface area contributed by atoms with E-state index >= 15 is 0 Å². The van der Waals surface area contributed by atoms with Crippen molar-refractivity contribution in [1.82, 2.24) is 0 Å². The molecule has 6 nitrogen and oxygen atoms in total. The average molecular weight is 619 g/mol. The first kappa shape index (κ1) is 22.7. The third-order valence-electron chi connectivity index (χ3n) is 7.62. The fourth-order valence-electron chi connectivity index (χ4n) is 6.18. The van der Waals surface area contributed by atoms with Crippen LogP contribution in [0.3, 0.4) is 0 Å². The zero-order valence-corrected chi connectivity index (χ0v) is 22.2. The predicted octanol–water partition coefficient (Wildman–Crippen LogP) is 5.91. The van der Waals surface area contributed by atoms with Gasteiger partial charge in [0.15, 0.2) is 5.75 Å². The molecule has 0 N–H and O–H groups in total. The van der Waals surface area contributed by atoms with E-state index in [4.69, 9.17) is 9.15 Å². The zero-order valence-electron chi connectivity index (χ0n) is 19.1. The maximum atomic E-state index is 14.3. The van der Waals surface area contributed by atoms with Gasteiger partial charge in [-0.15, -0.1) is 0 Å². The second kappa shape index (κ2) is 7.76. The average Bonchev–Trinajstić information content (AvgIpc) is 3.55. The Kier molecular flexibility index (Phi) is 4.76. The lowest BCUT2D eigenvalue weighted by atomic mass is 9.54. The van der Waals surface area contributed by atoms with E-state index in [9.17, 15) is 14.4 Å². The van der Waals surface area contributed by atoms with Gasteiger partial charge in [0.25, 0.3) is 0 Å². The number of amides is 2. The number of halogens is 2. The number of esters is 1. The van der Waals surface area contributed by atoms with Crippen LogP contribution in [-0.2, 0) is 18.2 Å². The lowest BCUT2D eigenvalue weighted by molar-refractivity contribution is -0.122. The summed E-state index contributed by atoms with van der Waals surface area (Å²) in [5.41, 5.74) is 4.02. The van der Waals surface area contributed by atoms with Crippen LogP contribution in [0.1, 0.15) is 32.8 Å². The van der Waals surface area contributed by atoms with E-state index in [0.29, 0.717) is 0 Å². The van der Waals surface area contributed by atoms with E-state index in [2.05, 4.69) is 31.9 Å². The summed E-state index contributed by atoms with van der Waals surface area (Å²) in [4.78, 5) is 42.4. The van der Waals surface area contributed by atoms with Gasteiger partial charge in [0.1, 0.15) is 0 Å². The summed E-state index contributed by atoms with van der Waals surface area (Å²) in [6, 6.07) is 25.4. The van der Waals surface area contributed by atoms with Crippen LogP contribution >= 0.6 is 31.9 Å². The van der Waals surface area contributed by atoms with Crippen LogP contribution in [0.15, 0.2) is 95.6 Å². The largest absolute Gasteiger partial charge is 0.457 e. The molecule has 2 atom stereocenters. The number of imide groups is 1. The molecular formula is C29H17Br2NO5. The molecular weight excluding hydrogens is 602 g/mol. The van der Waals surface area contributed by atoms with Crippen LogP contribution in [0.5, 0.6) is 5.75 Å². The Morgan fingerprint density at radius 3 is 1.70 bits per heavy atom. The third kappa shape index (κ3) is 2.77. The number of para-hydroxylation sites is 2. The summed E-state index contributed by atoms with van der Waals surface area (Å²) in [6.07, 6.45) is 1.37. The minimum absolute atomic E-state index is 0.0188. The third-order valence-corrected chi connectivity index (χ3v) is 10.3. The molecule has 2 bridgehead atoms. The molecule has 0 spiro atoms. The molecule has 8 heteroatoms. The first-order valence-corrected chi connectivity index (χ1v) is 13.3. The summed E-state index contributed by atoms with van der Waals surface area (Å²) in [5.74, 6) is -2.77. The number of carbonyl (C=O) groups is 3. The Morgan fingerprint density at radius 1 is 0.730 bits per heavy atom. The predicted molar refractivity (Wildman–Crippen MR) is 142 cm³/mol. The normalized spacial score (nSPS) is 27.0. The van der Waals surface area contributed by atoms with Crippen LogP contribution in [-0.4, -0.2) is 17.8 Å². The first-order chi connectivity index (χ1) is 17.9. The van der Waals surface area contributed by atoms with Crippen molar-refractivity contribution in [3.63, 3.8) is 0 Å². The van der Waals surface area contributed by atoms with Crippen molar-refractivity contribution in [3.8, 4) is 5.75 Å². The molecule has 0 radical (unpaired) electrons. The highest BCUT2D eigenvalue weighted by Gasteiger charge is 2.72. The number of ether oxygens (including phenoxy) is 1. The van der Waals surface area contributed by atoms with Crippen molar-refractivity contribution in [1.29, 1.82) is 0 Å². The lowest BCUT2D eigenvalue weighted by Gasteiger charge is -2.55. The van der Waals surface area contributed by atoms with Gasteiger partial charge in [0.2, 0.25) is 17.6 Å². The molecule has 4 aliphatic rings. The second-order valence-electron chi connectivity index (χ2n) is 9.32. The van der Waals surface area contributed by atoms with Gasteiger partial charge in [-0.2, -0.15) is 0 Å². The number of furan rings is 1. The smallest absolute Gasteiger partial charge is 0.379 e. The lowest BCUT2D eigenvalue weighted by Crippen LogP contribution is -2.56. The molecule has 1 saturated heterocycles. The fraction of sp³-hybridized carbons (Fsp3) is 0.138. The van der Waals surface area contributed by atoms with Crippen molar-refractivity contribution < 1.29 is 23.5 Å². The topological polar surface area (TPSA) is 76.8 Å². The maximum Gasteiger partial charge on any atom is 0.379 e. The van der Waals surface area contributed by atoms with Crippen molar-refractivity contribution in [2.45, 2.75) is 8.65 Å². The highest BCUT2D eigenvalue weighted by Crippen LogP contribution is 2.71. The number of benzene rings is 3. The monoisotopic (exact) mass is 617 g/mol. The molecule has 37 heavy (non-hydrogen) atoms. The maximum absolute atomic E-state index is 14.3. The van der Waals surface area contributed by atoms with E-state index in [-0.39, 0.29) is 29.0 Å². The molecule has 0 saturated carbocycles. The number of rotatable bonds is 3. The molecule has 0 unspecified atom stereocenters. The van der Waals surface area contributed by atoms with Crippen LogP contribution in [0.25, 0.3) is 0 Å². The molecule has 1 fully saturated rings. The minimum Gasteiger partial charge on any atom is -0.457 e. The Labute approximate surface area is 228 Å². The Morgan fingerprint density at radius 2 is 1.22 bits per heavy atom. The van der Waals surface area contributed by atoms with Gasteiger partial charge < -0.3 is 9.15 Å². The van der Waals surface area contributed by atoms with E-state index in [1.165, 1.54) is 17.2 Å². The van der Waals surface area contributed by atoms with Crippen LogP contribution in [0, 0.1) is 11.8 Å². The molecule has 8 rings (SSSR count). The number of alkyl halides is 2. The van der Waals surface area contributed by atoms with Crippen LogP contribution in [0.2, 0.25) is 0 Å². The molecule has 2 heterocycles. The summed E-state index contributed by atoms with van der Waals surface area (Å²) in [6.45, 7) is 0. The Hall–Kier alpha value is -3.49. The number of anilines is 1. The van der Waals surface area contributed by atoms with Crippen molar-refractivity contribution in [3.05, 3.63) is 119 Å². The quantitative estimate of drug-likeness (QED) is 0.124. The van der Waals surface area contributed by atoms with Gasteiger partial charge in [-0.1, -0.05) is 92.5 Å². The van der Waals surface area contributed by atoms with E-state index in [1.807, 2.05) is 48.5 Å². The summed E-state index contributed by atoms with van der Waals surface area (Å²) in [7, 11) is 0. The summed E-state index contributed by atoms with van der Waals surface area (Å²) in [5, 5.41) is 0. The molecule has 4 aromatic rings. The highest BCUT2D eigenvalue weighted by atomic mass is 79.9. The van der Waals surface area contributed by atoms with Gasteiger partial charge in [-0.3, -0.25) is 9.59 Å². The van der Waals surface area contributed by atoms with Gasteiger partial charge in [-0.05, 0) is 46.5 Å². The highest BCUT2D eigenvalue weighted by molar-refractivity contribution is 9.10. The number of nitrogens with zero attached hydrogens (tertiary/aromatic N) is 1. The number of hydrogen-bond donors (Lipinski definition) is 0. The van der Waals surface area contributed by atoms with Gasteiger partial charge in [-0.25, -0.2) is 9.69 Å². The molecule has 1 aromatic heterocycles. The zero-order chi connectivity index (χ0) is 25.5. The van der Waals surface area contributed by atoms with Crippen LogP contribution in [0.4, 0.5) is 5.69 Å². The molecule has 1 aliphatic heterocycles. The summed E-state index contributed by atoms with van der Waals surface area (Å²) >= 11 is 7.99. The van der Waals surface area contributed by atoms with E-state index < -0.39 is 26.5 Å². The SMILES string of the molecule is O=C(Oc1ccccc1N1C(=O)[C@@H]2[C@H](C1=O)C1(Br)c3ccccc3C2(Br)c2ccccc21)c1ccco1. The molecule has 182 valence electrons. The standard InChI is InChI=1S/C29H17Br2NO5/c30-28-16-8-1-2-9-17(16)29(31,19-11-4-3-10-18(19)28)24-23(28)25(33)32(26(24)34)20-12-5-6-13-21(20)37-27(35)22-14-7-15-36-22/h1-15,23-24H/t23-,24+,28?,29?. The van der Waals surface area contributed by atoms with Gasteiger partial charge in [0.05, 0.1) is 32.4 Å². The first-order valence-electron chi connectivity index (χ1n) is 11.7. The Balaban J connectivity index is 1.40. The fourth-order valence-corrected chi connectivity index (χ4v) is 8.48. The molecule has 3 aromatic carbocycles. The van der Waals surface area contributed by atoms with Crippen molar-refractivity contribution >= 4 is 55.3 Å². The van der Waals surface area contributed by atoms with Crippen molar-refractivity contribution in [2.75, 3.05) is 4.90 Å². The van der Waals surface area contributed by atoms with Crippen LogP contribution < -0.4 is 9.64 Å². The number of hydrogen-bond acceptors (Lipinski definition) is 5. The van der Waals surface area contributed by atoms with E-state index in [1.54, 1.807) is 30.3 Å². The van der Waals surface area contributed by atoms with Crippen molar-refractivity contribution in [2.24, 2.45) is 11.8 Å². The minimum atomic E-state index is -0.901. The molecule has 2 amide bonds. The van der Waals surface area contributed by atoms with Gasteiger partial charge in [0, 0.05) is 0 Å². The molecule has 3 aliphatic carbocycles. The second-order valence-corrected chi connectivity index (χ2v) is 11.8.